The Morgan fingerprint density at radius 2 is 2.05 bits per heavy atom. The van der Waals surface area contributed by atoms with E-state index in [4.69, 9.17) is 5.11 Å². The van der Waals surface area contributed by atoms with Crippen molar-refractivity contribution in [1.82, 2.24) is 0 Å². The molecule has 0 fully saturated rings. The quantitative estimate of drug-likeness (QED) is 0.372. The van der Waals surface area contributed by atoms with Crippen molar-refractivity contribution in [3.05, 3.63) is 54.1 Å². The highest BCUT2D eigenvalue weighted by Crippen LogP contribution is 2.12. The first-order chi connectivity index (χ1) is 9.17. The molecule has 0 aromatic heterocycles. The second-order valence-electron chi connectivity index (χ2n) is 3.62. The van der Waals surface area contributed by atoms with Crippen molar-refractivity contribution in [3.63, 3.8) is 0 Å². The molecular formula is C14H16O4S. The molecule has 0 aliphatic heterocycles. The third-order valence-corrected chi connectivity index (χ3v) is 3.59. The Labute approximate surface area is 115 Å². The fourth-order valence-electron chi connectivity index (χ4n) is 1.27. The van der Waals surface area contributed by atoms with Crippen LogP contribution in [0.3, 0.4) is 0 Å². The Bertz CT molecular complexity index is 451. The fraction of sp³-hybridized carbons (Fsp3) is 0.214. The summed E-state index contributed by atoms with van der Waals surface area (Å²) in [6.45, 7) is -0.0227. The Hall–Kier alpha value is -1.56. The van der Waals surface area contributed by atoms with E-state index < -0.39 is 17.1 Å². The summed E-state index contributed by atoms with van der Waals surface area (Å²) in [4.78, 5) is 11.5. The Morgan fingerprint density at radius 3 is 2.63 bits per heavy atom. The van der Waals surface area contributed by atoms with Crippen molar-refractivity contribution in [2.45, 2.75) is 11.5 Å². The SMILES string of the molecule is COC(=O)/C=C/C=C/C[S+]([O-])c1ccc(CO)cc1. The molecule has 1 atom stereocenters. The summed E-state index contributed by atoms with van der Waals surface area (Å²) in [5.74, 6) is -0.0605. The van der Waals surface area contributed by atoms with Gasteiger partial charge >= 0.3 is 5.97 Å². The summed E-state index contributed by atoms with van der Waals surface area (Å²) in [5.41, 5.74) is 0.789. The van der Waals surface area contributed by atoms with Crippen LogP contribution in [0, 0.1) is 0 Å². The van der Waals surface area contributed by atoms with E-state index in [-0.39, 0.29) is 6.61 Å². The highest BCUT2D eigenvalue weighted by atomic mass is 32.2. The molecule has 5 heteroatoms. The van der Waals surface area contributed by atoms with Gasteiger partial charge in [0.15, 0.2) is 4.90 Å². The first-order valence-electron chi connectivity index (χ1n) is 5.66. The average Bonchev–Trinajstić information content (AvgIpc) is 2.46. The predicted molar refractivity (Wildman–Crippen MR) is 73.9 cm³/mol. The molecule has 0 radical (unpaired) electrons. The number of hydrogen-bond acceptors (Lipinski definition) is 4. The van der Waals surface area contributed by atoms with Gasteiger partial charge in [0.25, 0.3) is 0 Å². The van der Waals surface area contributed by atoms with E-state index in [2.05, 4.69) is 4.74 Å². The minimum Gasteiger partial charge on any atom is -0.611 e. The van der Waals surface area contributed by atoms with Gasteiger partial charge in [-0.15, -0.1) is 0 Å². The zero-order valence-electron chi connectivity index (χ0n) is 10.6. The van der Waals surface area contributed by atoms with E-state index in [1.165, 1.54) is 19.3 Å². The zero-order valence-corrected chi connectivity index (χ0v) is 11.4. The summed E-state index contributed by atoms with van der Waals surface area (Å²) in [6, 6.07) is 6.96. The van der Waals surface area contributed by atoms with Gasteiger partial charge < -0.3 is 14.4 Å². The minimum absolute atomic E-state index is 0.0227. The van der Waals surface area contributed by atoms with Gasteiger partial charge in [-0.2, -0.15) is 0 Å². The molecule has 0 heterocycles. The van der Waals surface area contributed by atoms with Crippen LogP contribution < -0.4 is 0 Å². The first kappa shape index (κ1) is 15.5. The maximum Gasteiger partial charge on any atom is 0.330 e. The lowest BCUT2D eigenvalue weighted by Gasteiger charge is -2.08. The molecule has 1 aromatic carbocycles. The van der Waals surface area contributed by atoms with Gasteiger partial charge in [0.05, 0.1) is 13.7 Å². The Kier molecular flexibility index (Phi) is 6.95. The molecular weight excluding hydrogens is 264 g/mol. The molecule has 0 saturated carbocycles. The van der Waals surface area contributed by atoms with E-state index in [9.17, 15) is 9.35 Å². The van der Waals surface area contributed by atoms with Crippen LogP contribution in [0.25, 0.3) is 0 Å². The highest BCUT2D eigenvalue weighted by molar-refractivity contribution is 7.91. The number of hydrogen-bond donors (Lipinski definition) is 1. The standard InChI is InChI=1S/C14H16O4S/c1-18-14(16)5-3-2-4-10-19(17)13-8-6-12(11-15)7-9-13/h2-9,15H,10-11H2,1H3/b4-2+,5-3+. The largest absolute Gasteiger partial charge is 0.611 e. The molecule has 0 amide bonds. The maximum absolute atomic E-state index is 11.9. The molecule has 1 aromatic rings. The number of carbonyl (C=O) groups excluding carboxylic acids is 1. The number of carbonyl (C=O) groups is 1. The summed E-state index contributed by atoms with van der Waals surface area (Å²) in [6.07, 6.45) is 6.19. The van der Waals surface area contributed by atoms with E-state index >= 15 is 0 Å². The van der Waals surface area contributed by atoms with Gasteiger partial charge in [-0.1, -0.05) is 24.3 Å². The lowest BCUT2D eigenvalue weighted by molar-refractivity contribution is -0.134. The summed E-state index contributed by atoms with van der Waals surface area (Å²) < 4.78 is 16.3. The van der Waals surface area contributed by atoms with E-state index in [0.717, 1.165) is 5.56 Å². The number of esters is 1. The van der Waals surface area contributed by atoms with Crippen molar-refractivity contribution in [2.24, 2.45) is 0 Å². The molecule has 1 N–H and O–H groups in total. The van der Waals surface area contributed by atoms with Crippen LogP contribution in [0.5, 0.6) is 0 Å². The number of benzene rings is 1. The molecule has 0 saturated heterocycles. The molecule has 4 nitrogen and oxygen atoms in total. The first-order valence-corrected chi connectivity index (χ1v) is 6.98. The van der Waals surface area contributed by atoms with E-state index in [1.807, 2.05) is 0 Å². The summed E-state index contributed by atoms with van der Waals surface area (Å²) >= 11 is -1.13. The Morgan fingerprint density at radius 1 is 1.37 bits per heavy atom. The molecule has 102 valence electrons. The van der Waals surface area contributed by atoms with Crippen molar-refractivity contribution >= 4 is 17.1 Å². The van der Waals surface area contributed by atoms with Crippen LogP contribution >= 0.6 is 0 Å². The summed E-state index contributed by atoms with van der Waals surface area (Å²) in [5, 5.41) is 8.90. The van der Waals surface area contributed by atoms with Gasteiger partial charge in [-0.25, -0.2) is 4.79 Å². The van der Waals surface area contributed by atoms with Crippen molar-refractivity contribution in [2.75, 3.05) is 12.9 Å². The van der Waals surface area contributed by atoms with Gasteiger partial charge in [0, 0.05) is 6.08 Å². The van der Waals surface area contributed by atoms with E-state index in [0.29, 0.717) is 10.6 Å². The fourth-order valence-corrected chi connectivity index (χ4v) is 2.18. The lowest BCUT2D eigenvalue weighted by Crippen LogP contribution is -2.04. The number of allylic oxidation sites excluding steroid dienone is 2. The second-order valence-corrected chi connectivity index (χ2v) is 5.12. The second kappa shape index (κ2) is 8.53. The number of rotatable bonds is 6. The Balaban J connectivity index is 2.46. The van der Waals surface area contributed by atoms with Gasteiger partial charge in [-0.05, 0) is 34.9 Å². The maximum atomic E-state index is 11.9. The van der Waals surface area contributed by atoms with Crippen LogP contribution in [0.15, 0.2) is 53.5 Å². The molecule has 1 unspecified atom stereocenters. The number of ether oxygens (including phenoxy) is 1. The average molecular weight is 280 g/mol. The third kappa shape index (κ3) is 5.74. The van der Waals surface area contributed by atoms with Crippen LogP contribution in [0.2, 0.25) is 0 Å². The van der Waals surface area contributed by atoms with Crippen LogP contribution in [-0.4, -0.2) is 28.5 Å². The topological polar surface area (TPSA) is 69.6 Å². The molecule has 0 aliphatic rings. The van der Waals surface area contributed by atoms with Crippen molar-refractivity contribution in [3.8, 4) is 0 Å². The van der Waals surface area contributed by atoms with Crippen molar-refractivity contribution in [1.29, 1.82) is 0 Å². The molecule has 19 heavy (non-hydrogen) atoms. The van der Waals surface area contributed by atoms with Gasteiger partial charge in [0.2, 0.25) is 0 Å². The van der Waals surface area contributed by atoms with Gasteiger partial charge in [-0.3, -0.25) is 0 Å². The zero-order chi connectivity index (χ0) is 14.1. The van der Waals surface area contributed by atoms with Crippen LogP contribution in [-0.2, 0) is 27.3 Å². The minimum atomic E-state index is -1.13. The summed E-state index contributed by atoms with van der Waals surface area (Å²) in [7, 11) is 1.31. The van der Waals surface area contributed by atoms with E-state index in [1.54, 1.807) is 36.4 Å². The number of aliphatic hydroxyl groups excluding tert-OH is 1. The predicted octanol–water partition coefficient (Wildman–Crippen LogP) is 1.57. The normalized spacial score (nSPS) is 13.0. The smallest absolute Gasteiger partial charge is 0.330 e. The number of methoxy groups -OCH3 is 1. The van der Waals surface area contributed by atoms with Gasteiger partial charge in [0.1, 0.15) is 5.75 Å². The molecule has 1 rings (SSSR count). The molecule has 0 bridgehead atoms. The molecule has 0 aliphatic carbocycles. The lowest BCUT2D eigenvalue weighted by atomic mass is 10.2. The highest BCUT2D eigenvalue weighted by Gasteiger charge is 2.07. The van der Waals surface area contributed by atoms with Crippen LogP contribution in [0.1, 0.15) is 5.56 Å². The van der Waals surface area contributed by atoms with Crippen LogP contribution in [0.4, 0.5) is 0 Å². The third-order valence-electron chi connectivity index (χ3n) is 2.30. The van der Waals surface area contributed by atoms with Crippen molar-refractivity contribution < 1.29 is 19.2 Å². The number of aliphatic hydroxyl groups is 1. The monoisotopic (exact) mass is 280 g/mol. The molecule has 0 spiro atoms.